The van der Waals surface area contributed by atoms with Crippen LogP contribution in [-0.2, 0) is 0 Å². The van der Waals surface area contributed by atoms with Gasteiger partial charge in [0, 0.05) is 18.0 Å². The maximum atomic E-state index is 12.7. The normalized spacial score (nSPS) is 13.3. The third-order valence-corrected chi connectivity index (χ3v) is 2.52. The molecule has 94 valence electrons. The number of hydrogen-bond donors (Lipinski definition) is 1. The molecule has 18 heavy (non-hydrogen) atoms. The van der Waals surface area contributed by atoms with E-state index < -0.39 is 12.2 Å². The number of benzene rings is 1. The molecule has 6 heteroatoms. The summed E-state index contributed by atoms with van der Waals surface area (Å²) in [6, 6.07) is 4.08. The molecule has 1 heterocycles. The molecule has 1 aromatic carbocycles. The maximum Gasteiger partial charge on any atom is 0.407 e. The third kappa shape index (κ3) is 2.48. The predicted molar refractivity (Wildman–Crippen MR) is 60.5 cm³/mol. The second-order valence-corrected chi connectivity index (χ2v) is 3.73. The van der Waals surface area contributed by atoms with Crippen LogP contribution in [0.1, 0.15) is 11.6 Å². The van der Waals surface area contributed by atoms with Crippen LogP contribution in [0.3, 0.4) is 0 Å². The number of aromatic nitrogens is 2. The number of halogens is 3. The number of nitrogens with two attached hydrogens (primary N) is 1. The second-order valence-electron chi connectivity index (χ2n) is 3.73. The summed E-state index contributed by atoms with van der Waals surface area (Å²) < 4.78 is 38.0. The smallest absolute Gasteiger partial charge is 0.316 e. The van der Waals surface area contributed by atoms with Gasteiger partial charge in [-0.3, -0.25) is 0 Å². The largest absolute Gasteiger partial charge is 0.407 e. The van der Waals surface area contributed by atoms with E-state index in [2.05, 4.69) is 9.97 Å². The topological polar surface area (TPSA) is 51.8 Å². The van der Waals surface area contributed by atoms with Crippen molar-refractivity contribution in [2.75, 3.05) is 0 Å². The first-order valence-corrected chi connectivity index (χ1v) is 5.17. The fourth-order valence-electron chi connectivity index (χ4n) is 1.65. The van der Waals surface area contributed by atoms with E-state index in [1.807, 2.05) is 0 Å². The van der Waals surface area contributed by atoms with E-state index in [9.17, 15) is 13.2 Å². The number of rotatable bonds is 2. The summed E-state index contributed by atoms with van der Waals surface area (Å²) in [7, 11) is 0. The fraction of sp³-hybridized carbons (Fsp3) is 0.167. The highest BCUT2D eigenvalue weighted by atomic mass is 19.4. The number of hydrogen-bond acceptors (Lipinski definition) is 3. The van der Waals surface area contributed by atoms with E-state index >= 15 is 0 Å². The first kappa shape index (κ1) is 12.5. The molecule has 2 N–H and O–H groups in total. The molecular formula is C12H10F3N3. The van der Waals surface area contributed by atoms with Gasteiger partial charge < -0.3 is 5.73 Å². The molecule has 1 atom stereocenters. The van der Waals surface area contributed by atoms with E-state index in [-0.39, 0.29) is 5.56 Å². The Hall–Kier alpha value is -1.95. The maximum absolute atomic E-state index is 12.7. The van der Waals surface area contributed by atoms with Crippen LogP contribution in [0.25, 0.3) is 11.1 Å². The van der Waals surface area contributed by atoms with Crippen LogP contribution in [0.5, 0.6) is 0 Å². The van der Waals surface area contributed by atoms with Gasteiger partial charge in [0.15, 0.2) is 0 Å². The van der Waals surface area contributed by atoms with Crippen LogP contribution >= 0.6 is 0 Å². The lowest BCUT2D eigenvalue weighted by atomic mass is 9.96. The quantitative estimate of drug-likeness (QED) is 0.895. The summed E-state index contributed by atoms with van der Waals surface area (Å²) in [6.45, 7) is 0. The molecule has 0 amide bonds. The van der Waals surface area contributed by atoms with Gasteiger partial charge in [-0.2, -0.15) is 13.2 Å². The molecule has 0 saturated heterocycles. The van der Waals surface area contributed by atoms with Crippen molar-refractivity contribution in [1.82, 2.24) is 9.97 Å². The molecule has 0 aliphatic carbocycles. The van der Waals surface area contributed by atoms with Crippen molar-refractivity contribution < 1.29 is 13.2 Å². The van der Waals surface area contributed by atoms with E-state index in [0.717, 1.165) is 0 Å². The highest BCUT2D eigenvalue weighted by Gasteiger charge is 2.38. The minimum Gasteiger partial charge on any atom is -0.316 e. The molecule has 2 rings (SSSR count). The molecule has 0 spiro atoms. The van der Waals surface area contributed by atoms with Crippen molar-refractivity contribution in [3.05, 3.63) is 48.5 Å². The summed E-state index contributed by atoms with van der Waals surface area (Å²) in [6.07, 6.45) is -0.259. The zero-order valence-corrected chi connectivity index (χ0v) is 9.22. The molecule has 0 radical (unpaired) electrons. The molecular weight excluding hydrogens is 243 g/mol. The predicted octanol–water partition coefficient (Wildman–Crippen LogP) is 2.71. The zero-order chi connectivity index (χ0) is 13.2. The van der Waals surface area contributed by atoms with Crippen LogP contribution in [0.15, 0.2) is 43.0 Å². The standard InChI is InChI=1S/C12H10F3N3/c13-12(14,15)11(16)10-4-2-1-3-9(10)8-5-17-7-18-6-8/h1-7,11H,16H2/t11-/m1/s1. The van der Waals surface area contributed by atoms with Crippen LogP contribution in [0, 0.1) is 0 Å². The van der Waals surface area contributed by atoms with Crippen LogP contribution in [0.2, 0.25) is 0 Å². The van der Waals surface area contributed by atoms with Gasteiger partial charge in [0.2, 0.25) is 0 Å². The molecule has 0 fully saturated rings. The second kappa shape index (κ2) is 4.73. The first-order chi connectivity index (χ1) is 8.50. The van der Waals surface area contributed by atoms with Gasteiger partial charge in [-0.1, -0.05) is 24.3 Å². The zero-order valence-electron chi connectivity index (χ0n) is 9.22. The van der Waals surface area contributed by atoms with E-state index in [4.69, 9.17) is 5.73 Å². The van der Waals surface area contributed by atoms with E-state index in [1.165, 1.54) is 30.9 Å². The van der Waals surface area contributed by atoms with Crippen molar-refractivity contribution in [2.24, 2.45) is 5.73 Å². The molecule has 0 bridgehead atoms. The van der Waals surface area contributed by atoms with Gasteiger partial charge in [0.1, 0.15) is 12.4 Å². The minimum atomic E-state index is -4.48. The van der Waals surface area contributed by atoms with Crippen LogP contribution in [-0.4, -0.2) is 16.1 Å². The van der Waals surface area contributed by atoms with Gasteiger partial charge in [0.25, 0.3) is 0 Å². The third-order valence-electron chi connectivity index (χ3n) is 2.52. The van der Waals surface area contributed by atoms with Crippen LogP contribution < -0.4 is 5.73 Å². The highest BCUT2D eigenvalue weighted by molar-refractivity contribution is 5.66. The van der Waals surface area contributed by atoms with E-state index in [0.29, 0.717) is 11.1 Å². The molecule has 1 aromatic heterocycles. The fourth-order valence-corrected chi connectivity index (χ4v) is 1.65. The Morgan fingerprint density at radius 1 is 1.06 bits per heavy atom. The van der Waals surface area contributed by atoms with Gasteiger partial charge in [-0.15, -0.1) is 0 Å². The Bertz CT molecular complexity index is 526. The highest BCUT2D eigenvalue weighted by Crippen LogP contribution is 2.35. The Morgan fingerprint density at radius 2 is 1.67 bits per heavy atom. The molecule has 2 aromatic rings. The Labute approximate surface area is 101 Å². The number of alkyl halides is 3. The average molecular weight is 253 g/mol. The van der Waals surface area contributed by atoms with Crippen molar-refractivity contribution in [2.45, 2.75) is 12.2 Å². The van der Waals surface area contributed by atoms with Gasteiger partial charge in [-0.25, -0.2) is 9.97 Å². The summed E-state index contributed by atoms with van der Waals surface area (Å²) in [5, 5.41) is 0. The van der Waals surface area contributed by atoms with Crippen molar-refractivity contribution in [1.29, 1.82) is 0 Å². The molecule has 0 aliphatic heterocycles. The monoisotopic (exact) mass is 253 g/mol. The average Bonchev–Trinajstić information content (AvgIpc) is 2.38. The summed E-state index contributed by atoms with van der Waals surface area (Å²) in [5.74, 6) is 0. The molecule has 0 aliphatic rings. The van der Waals surface area contributed by atoms with Crippen molar-refractivity contribution in [3.8, 4) is 11.1 Å². The Morgan fingerprint density at radius 3 is 2.28 bits per heavy atom. The summed E-state index contributed by atoms with van der Waals surface area (Å²) in [5.41, 5.74) is 6.16. The lowest BCUT2D eigenvalue weighted by Gasteiger charge is -2.19. The molecule has 3 nitrogen and oxygen atoms in total. The minimum absolute atomic E-state index is 0.0137. The lowest BCUT2D eigenvalue weighted by Crippen LogP contribution is -2.28. The van der Waals surface area contributed by atoms with E-state index in [1.54, 1.807) is 12.1 Å². The summed E-state index contributed by atoms with van der Waals surface area (Å²) >= 11 is 0. The van der Waals surface area contributed by atoms with Gasteiger partial charge in [0.05, 0.1) is 0 Å². The summed E-state index contributed by atoms with van der Waals surface area (Å²) in [4.78, 5) is 7.58. The first-order valence-electron chi connectivity index (χ1n) is 5.17. The van der Waals surface area contributed by atoms with Crippen molar-refractivity contribution >= 4 is 0 Å². The Kier molecular flexibility index (Phi) is 3.29. The Balaban J connectivity index is 2.51. The molecule has 0 saturated carbocycles. The lowest BCUT2D eigenvalue weighted by molar-refractivity contribution is -0.149. The number of nitrogens with zero attached hydrogens (tertiary/aromatic N) is 2. The van der Waals surface area contributed by atoms with Gasteiger partial charge in [-0.05, 0) is 11.1 Å². The molecule has 0 unspecified atom stereocenters. The van der Waals surface area contributed by atoms with Crippen molar-refractivity contribution in [3.63, 3.8) is 0 Å². The van der Waals surface area contributed by atoms with Crippen LogP contribution in [0.4, 0.5) is 13.2 Å². The SMILES string of the molecule is N[C@H](c1ccccc1-c1cncnc1)C(F)(F)F. The van der Waals surface area contributed by atoms with Gasteiger partial charge >= 0.3 is 6.18 Å².